The second-order valence-electron chi connectivity index (χ2n) is 9.31. The third-order valence-corrected chi connectivity index (χ3v) is 6.46. The minimum atomic E-state index is -1.70. The van der Waals surface area contributed by atoms with Gasteiger partial charge in [0.2, 0.25) is 5.60 Å². The first-order chi connectivity index (χ1) is 16.1. The Balaban J connectivity index is 1.64. The second-order valence-corrected chi connectivity index (χ2v) is 9.31. The molecule has 9 nitrogen and oxygen atoms in total. The zero-order valence-corrected chi connectivity index (χ0v) is 19.2. The molecule has 1 aliphatic carbocycles. The molecule has 4 heterocycles. The van der Waals surface area contributed by atoms with Crippen LogP contribution in [0.25, 0.3) is 17.0 Å². The van der Waals surface area contributed by atoms with Gasteiger partial charge in [-0.25, -0.2) is 4.98 Å². The fourth-order valence-corrected chi connectivity index (χ4v) is 4.69. The summed E-state index contributed by atoms with van der Waals surface area (Å²) in [7, 11) is 1.63. The van der Waals surface area contributed by atoms with Crippen LogP contribution >= 0.6 is 0 Å². The Morgan fingerprint density at radius 2 is 2.06 bits per heavy atom. The van der Waals surface area contributed by atoms with E-state index < -0.39 is 23.3 Å². The summed E-state index contributed by atoms with van der Waals surface area (Å²) in [6.07, 6.45) is 2.99. The monoisotopic (exact) mass is 459 g/mol. The van der Waals surface area contributed by atoms with Gasteiger partial charge in [-0.3, -0.25) is 14.4 Å². The molecule has 0 radical (unpaired) electrons. The fourth-order valence-electron chi connectivity index (χ4n) is 4.69. The molecule has 9 heteroatoms. The average molecular weight is 460 g/mol. The van der Waals surface area contributed by atoms with E-state index >= 15 is 0 Å². The van der Waals surface area contributed by atoms with Crippen LogP contribution in [-0.2, 0) is 4.79 Å². The third-order valence-electron chi connectivity index (χ3n) is 6.46. The van der Waals surface area contributed by atoms with Gasteiger partial charge in [0, 0.05) is 37.2 Å². The Morgan fingerprint density at radius 1 is 1.32 bits per heavy atom. The molecule has 6 rings (SSSR count). The maximum absolute atomic E-state index is 13.0. The fraction of sp³-hybridized carbons (Fsp3) is 0.360. The largest absolute Gasteiger partial charge is 0.369 e. The number of carbonyl (C=O) groups is 3. The quantitative estimate of drug-likeness (QED) is 0.591. The van der Waals surface area contributed by atoms with Crippen LogP contribution in [0.2, 0.25) is 0 Å². The minimum Gasteiger partial charge on any atom is -0.369 e. The number of carbonyl (C=O) groups excluding carboxylic acids is 3. The van der Waals surface area contributed by atoms with Crippen LogP contribution < -0.4 is 11.1 Å². The Bertz CT molecular complexity index is 1360. The lowest BCUT2D eigenvalue weighted by Crippen LogP contribution is -2.37. The Hall–Kier alpha value is -3.90. The van der Waals surface area contributed by atoms with Gasteiger partial charge >= 0.3 is 0 Å². The van der Waals surface area contributed by atoms with Crippen molar-refractivity contribution in [3.8, 4) is 23.2 Å². The maximum Gasteiger partial charge on any atom is 0.270 e. The van der Waals surface area contributed by atoms with Crippen molar-refractivity contribution in [2.45, 2.75) is 44.4 Å². The lowest BCUT2D eigenvalue weighted by molar-refractivity contribution is -0.137. The van der Waals surface area contributed by atoms with Gasteiger partial charge in [0.1, 0.15) is 11.5 Å². The van der Waals surface area contributed by atoms with Crippen LogP contribution in [0.15, 0.2) is 24.3 Å². The molecule has 4 N–H and O–H groups in total. The molecule has 3 amide bonds. The van der Waals surface area contributed by atoms with Crippen LogP contribution in [-0.4, -0.2) is 62.5 Å². The van der Waals surface area contributed by atoms with Gasteiger partial charge in [-0.05, 0) is 43.5 Å². The molecule has 34 heavy (non-hydrogen) atoms. The van der Waals surface area contributed by atoms with Crippen molar-refractivity contribution < 1.29 is 19.5 Å². The summed E-state index contributed by atoms with van der Waals surface area (Å²) in [5.41, 5.74) is 7.32. The number of aliphatic hydroxyl groups is 1. The van der Waals surface area contributed by atoms with Gasteiger partial charge in [-0.2, -0.15) is 0 Å². The third kappa shape index (κ3) is 3.30. The molecule has 2 bridgehead atoms. The highest BCUT2D eigenvalue weighted by atomic mass is 16.3. The van der Waals surface area contributed by atoms with E-state index in [1.807, 2.05) is 32.0 Å². The van der Waals surface area contributed by atoms with Crippen molar-refractivity contribution in [2.24, 2.45) is 5.73 Å². The van der Waals surface area contributed by atoms with E-state index in [4.69, 9.17) is 5.73 Å². The number of aromatic nitrogens is 2. The molecule has 1 fully saturated rings. The number of likely N-dealkylation sites (N-methyl/N-ethyl adjacent to an activating group) is 1. The number of amides is 3. The number of benzene rings is 1. The van der Waals surface area contributed by atoms with Crippen molar-refractivity contribution in [1.82, 2.24) is 19.8 Å². The number of imidazole rings is 1. The normalized spacial score (nSPS) is 22.1. The van der Waals surface area contributed by atoms with Gasteiger partial charge < -0.3 is 25.6 Å². The van der Waals surface area contributed by atoms with E-state index in [0.717, 1.165) is 11.1 Å². The number of allylic oxidation sites excluding steroid dienone is 2. The number of nitrogens with one attached hydrogen (secondary N) is 1. The molecular weight excluding hydrogens is 434 g/mol. The predicted molar refractivity (Wildman–Crippen MR) is 124 cm³/mol. The molecule has 1 saturated heterocycles. The van der Waals surface area contributed by atoms with Gasteiger partial charge in [0.15, 0.2) is 5.69 Å². The Morgan fingerprint density at radius 3 is 2.68 bits per heavy atom. The summed E-state index contributed by atoms with van der Waals surface area (Å²) < 4.78 is 1.77. The predicted octanol–water partition coefficient (Wildman–Crippen LogP) is 1.07. The summed E-state index contributed by atoms with van der Waals surface area (Å²) in [5, 5.41) is 13.5. The minimum absolute atomic E-state index is 0.0757. The highest BCUT2D eigenvalue weighted by Gasteiger charge is 2.42. The van der Waals surface area contributed by atoms with Crippen LogP contribution in [0.1, 0.15) is 64.8 Å². The van der Waals surface area contributed by atoms with E-state index in [2.05, 4.69) is 28.2 Å². The zero-order valence-electron chi connectivity index (χ0n) is 19.2. The van der Waals surface area contributed by atoms with E-state index in [0.29, 0.717) is 29.9 Å². The number of rotatable bonds is 3. The van der Waals surface area contributed by atoms with Crippen molar-refractivity contribution in [1.29, 1.82) is 0 Å². The molecule has 0 spiro atoms. The number of primary amides is 1. The van der Waals surface area contributed by atoms with Crippen LogP contribution in [0.4, 0.5) is 0 Å². The summed E-state index contributed by atoms with van der Waals surface area (Å²) in [5.74, 6) is 4.52. The summed E-state index contributed by atoms with van der Waals surface area (Å²) >= 11 is 0. The van der Waals surface area contributed by atoms with E-state index in [1.165, 1.54) is 4.90 Å². The molecule has 2 aromatic rings. The van der Waals surface area contributed by atoms with Crippen molar-refractivity contribution >= 4 is 23.3 Å². The van der Waals surface area contributed by atoms with Crippen LogP contribution in [0, 0.1) is 11.8 Å². The highest BCUT2D eigenvalue weighted by Crippen LogP contribution is 2.47. The SMILES string of the molecule is CC(C)NC(=O)c1c(C(N)=O)nc2n1C1C=C(C1)c1ccc(C#C[C@]3(O)CCN(C)C3=O)cc1-2. The van der Waals surface area contributed by atoms with E-state index in [1.54, 1.807) is 11.6 Å². The maximum atomic E-state index is 13.0. The van der Waals surface area contributed by atoms with Gasteiger partial charge in [0.05, 0.1) is 6.04 Å². The number of hydrogen-bond donors (Lipinski definition) is 3. The lowest BCUT2D eigenvalue weighted by atomic mass is 9.86. The summed E-state index contributed by atoms with van der Waals surface area (Å²) in [4.78, 5) is 43.5. The summed E-state index contributed by atoms with van der Waals surface area (Å²) in [6, 6.07) is 5.30. The van der Waals surface area contributed by atoms with Crippen LogP contribution in [0.3, 0.4) is 0 Å². The van der Waals surface area contributed by atoms with E-state index in [-0.39, 0.29) is 29.9 Å². The molecule has 2 atom stereocenters. The molecule has 1 aromatic carbocycles. The highest BCUT2D eigenvalue weighted by molar-refractivity contribution is 6.06. The Labute approximate surface area is 196 Å². The smallest absolute Gasteiger partial charge is 0.270 e. The molecule has 4 aliphatic rings. The molecule has 3 aliphatic heterocycles. The standard InChI is InChI=1S/C25H25N5O4/c1-13(2)27-23(32)20-19(21(26)31)28-22-18-10-14(6-7-25(34)8-9-29(3)24(25)33)4-5-17(18)15-11-16(12-15)30(20)22/h4-5,10-11,13,16,34H,8-9,12H2,1-3H3,(H2,26,31)(H,27,32)/t16?,25-/m0/s1. The topological polar surface area (TPSA) is 131 Å². The van der Waals surface area contributed by atoms with Gasteiger partial charge in [-0.1, -0.05) is 24.0 Å². The summed E-state index contributed by atoms with van der Waals surface area (Å²) in [6.45, 7) is 4.12. The second kappa shape index (κ2) is 7.57. The average Bonchev–Trinajstić information content (AvgIpc) is 3.17. The number of hydrogen-bond acceptors (Lipinski definition) is 5. The van der Waals surface area contributed by atoms with Crippen molar-refractivity contribution in [2.75, 3.05) is 13.6 Å². The van der Waals surface area contributed by atoms with Crippen molar-refractivity contribution in [3.05, 3.63) is 46.8 Å². The number of nitrogens with two attached hydrogens (primary N) is 1. The molecule has 1 aromatic heterocycles. The molecule has 0 saturated carbocycles. The van der Waals surface area contributed by atoms with E-state index in [9.17, 15) is 19.5 Å². The first-order valence-electron chi connectivity index (χ1n) is 11.2. The number of likely N-dealkylation sites (tertiary alicyclic amines) is 1. The first-order valence-corrected chi connectivity index (χ1v) is 11.2. The molecule has 1 unspecified atom stereocenters. The Kier molecular flexibility index (Phi) is 4.88. The molecular formula is C25H25N5O4. The molecule has 174 valence electrons. The van der Waals surface area contributed by atoms with Crippen molar-refractivity contribution in [3.63, 3.8) is 0 Å². The first kappa shape index (κ1) is 21.9. The van der Waals surface area contributed by atoms with Gasteiger partial charge in [-0.15, -0.1) is 0 Å². The zero-order chi connectivity index (χ0) is 24.4. The van der Waals surface area contributed by atoms with Gasteiger partial charge in [0.25, 0.3) is 17.7 Å². The van der Waals surface area contributed by atoms with Crippen LogP contribution in [0.5, 0.6) is 0 Å². The lowest BCUT2D eigenvalue weighted by Gasteiger charge is -2.26. The number of nitrogens with zero attached hydrogens (tertiary/aromatic N) is 3.